The van der Waals surface area contributed by atoms with Gasteiger partial charge in [0.2, 0.25) is 0 Å². The number of rotatable bonds is 37. The van der Waals surface area contributed by atoms with Crippen LogP contribution < -0.4 is 66.9 Å². The van der Waals surface area contributed by atoms with Crippen LogP contribution in [0.25, 0.3) is 0 Å². The molecule has 0 heterocycles. The highest BCUT2D eigenvalue weighted by Gasteiger charge is 2.08. The first-order chi connectivity index (χ1) is 22.6. The van der Waals surface area contributed by atoms with Crippen molar-refractivity contribution in [2.45, 2.75) is 179 Å². The van der Waals surface area contributed by atoms with Gasteiger partial charge in [0, 0.05) is 38.5 Å². The second-order valence-electron chi connectivity index (χ2n) is 13.5. The molecule has 0 fully saturated rings. The van der Waals surface area contributed by atoms with Crippen LogP contribution in [0.3, 0.4) is 0 Å². The summed E-state index contributed by atoms with van der Waals surface area (Å²) in [5.41, 5.74) is 0. The Morgan fingerprint density at radius 3 is 0.694 bits per heavy atom. The predicted octanol–water partition coefficient (Wildman–Crippen LogP) is 0.279. The number of unbranched alkanes of at least 4 members (excludes halogenated alkanes) is 16. The lowest BCUT2D eigenvalue weighted by atomic mass is 10.1. The van der Waals surface area contributed by atoms with E-state index in [-0.39, 0.29) is 50.9 Å². The quantitative estimate of drug-likeness (QED) is 0.0595. The van der Waals surface area contributed by atoms with E-state index < -0.39 is 0 Å². The molecule has 0 amide bonds. The van der Waals surface area contributed by atoms with Crippen LogP contribution in [0, 0.1) is 0 Å². The van der Waals surface area contributed by atoms with E-state index >= 15 is 0 Å². The highest BCUT2D eigenvalue weighted by molar-refractivity contribution is 4.80. The summed E-state index contributed by atoms with van der Waals surface area (Å²) in [4.78, 5) is 0. The van der Waals surface area contributed by atoms with Crippen LogP contribution in [0.5, 0.6) is 0 Å². The summed E-state index contributed by atoms with van der Waals surface area (Å²) in [6, 6.07) is 1.97. The summed E-state index contributed by atoms with van der Waals surface area (Å²) in [6.45, 7) is 29.1. The molecular weight excluding hydrogens is 798 g/mol. The summed E-state index contributed by atoms with van der Waals surface area (Å²) in [7, 11) is 0. The molecule has 6 heteroatoms. The summed E-state index contributed by atoms with van der Waals surface area (Å²) in [5.74, 6) is 0. The van der Waals surface area contributed by atoms with E-state index in [2.05, 4.69) is 62.3 Å². The summed E-state index contributed by atoms with van der Waals surface area (Å²) >= 11 is 0. The summed E-state index contributed by atoms with van der Waals surface area (Å²) in [6.07, 6.45) is 44.0. The van der Waals surface area contributed by atoms with Gasteiger partial charge in [-0.3, -0.25) is 0 Å². The molecule has 0 aliphatic heterocycles. The minimum absolute atomic E-state index is 0. The Balaban J connectivity index is -0.000000256. The smallest absolute Gasteiger partial charge is 0.0928 e. The normalized spacial score (nSPS) is 10.3. The largest absolute Gasteiger partial charge is 1.00 e. The third-order valence-corrected chi connectivity index (χ3v) is 9.03. The Morgan fingerprint density at radius 1 is 0.327 bits per heavy atom. The van der Waals surface area contributed by atoms with Gasteiger partial charge in [-0.15, -0.1) is 39.5 Å². The van der Waals surface area contributed by atoms with E-state index in [1.807, 2.05) is 36.5 Å². The van der Waals surface area contributed by atoms with Crippen molar-refractivity contribution in [1.82, 2.24) is 0 Å². The molecule has 0 aromatic heterocycles. The molecule has 6 N–H and O–H groups in total. The molecule has 0 rings (SSSR count). The van der Waals surface area contributed by atoms with Crippen LogP contribution in [-0.4, -0.2) is 37.8 Å². The molecule has 292 valence electrons. The van der Waals surface area contributed by atoms with E-state index in [9.17, 15) is 0 Å². The maximum Gasteiger partial charge on any atom is 0.0928 e. The standard InChI is InChI=1S/C24H44N2.C19H37N.3BrH/c1-5-17-23(18-6-2)25-21-15-13-11-9-10-12-14-16-22-26-24(19-7-3)20-8-4;1-4-7-8-9-10-11-12-13-14-15-18-20-19(16-5-2)17-6-3;;;/h5-8,23-26H,1-4,9-22H2;5-6,19-20H,2-4,7-18H2,1H3;3*1H. The number of quaternary nitrogens is 3. The highest BCUT2D eigenvalue weighted by atomic mass is 79.9. The molecule has 0 aliphatic carbocycles. The van der Waals surface area contributed by atoms with Crippen molar-refractivity contribution in [1.29, 1.82) is 0 Å². The van der Waals surface area contributed by atoms with E-state index in [0.29, 0.717) is 18.1 Å². The van der Waals surface area contributed by atoms with Gasteiger partial charge in [-0.2, -0.15) is 0 Å². The predicted molar refractivity (Wildman–Crippen MR) is 209 cm³/mol. The maximum atomic E-state index is 3.85. The van der Waals surface area contributed by atoms with Crippen LogP contribution >= 0.6 is 0 Å². The molecule has 0 radical (unpaired) electrons. The molecule has 3 nitrogen and oxygen atoms in total. The highest BCUT2D eigenvalue weighted by Crippen LogP contribution is 2.10. The summed E-state index contributed by atoms with van der Waals surface area (Å²) in [5, 5.41) is 7.44. The average Bonchev–Trinajstić information content (AvgIpc) is 3.05. The van der Waals surface area contributed by atoms with Crippen molar-refractivity contribution in [2.24, 2.45) is 0 Å². The molecule has 0 spiro atoms. The van der Waals surface area contributed by atoms with Crippen LogP contribution in [0.1, 0.15) is 161 Å². The maximum absolute atomic E-state index is 3.85. The fraction of sp³-hybridized carbons (Fsp3) is 0.721. The SMILES string of the molecule is C=CCC(CC=C)[NH2+]CCCCCCCCCCCC.C=CCC(CC=C)[NH2+]CCCCCCCCCC[NH2+]C(CC=C)CC=C.[Br-].[Br-].[Br-]. The van der Waals surface area contributed by atoms with Gasteiger partial charge in [0.15, 0.2) is 0 Å². The second kappa shape index (κ2) is 52.1. The number of hydrogen-bond donors (Lipinski definition) is 3. The molecule has 49 heavy (non-hydrogen) atoms. The molecule has 0 saturated carbocycles. The van der Waals surface area contributed by atoms with E-state index in [4.69, 9.17) is 0 Å². The molecule has 0 saturated heterocycles. The van der Waals surface area contributed by atoms with Gasteiger partial charge in [0.25, 0.3) is 0 Å². The second-order valence-corrected chi connectivity index (χ2v) is 13.5. The van der Waals surface area contributed by atoms with Gasteiger partial charge in [0.05, 0.1) is 37.8 Å². The van der Waals surface area contributed by atoms with Gasteiger partial charge in [0.1, 0.15) is 0 Å². The zero-order valence-corrected chi connectivity index (χ0v) is 37.2. The first kappa shape index (κ1) is 58.1. The Hall–Kier alpha value is -0.240. The van der Waals surface area contributed by atoms with E-state index in [1.54, 1.807) is 0 Å². The van der Waals surface area contributed by atoms with Gasteiger partial charge in [-0.25, -0.2) is 0 Å². The zero-order chi connectivity index (χ0) is 34.2. The Morgan fingerprint density at radius 2 is 0.510 bits per heavy atom. The molecule has 0 atom stereocenters. The first-order valence-corrected chi connectivity index (χ1v) is 19.8. The Bertz CT molecular complexity index is 621. The van der Waals surface area contributed by atoms with Crippen molar-refractivity contribution in [3.05, 3.63) is 75.9 Å². The lowest BCUT2D eigenvalue weighted by molar-refractivity contribution is -0.688. The number of hydrogen-bond acceptors (Lipinski definition) is 0. The third-order valence-electron chi connectivity index (χ3n) is 9.03. The van der Waals surface area contributed by atoms with Gasteiger partial charge in [-0.1, -0.05) is 120 Å². The van der Waals surface area contributed by atoms with Gasteiger partial charge < -0.3 is 66.9 Å². The van der Waals surface area contributed by atoms with Crippen molar-refractivity contribution in [3.63, 3.8) is 0 Å². The molecule has 0 aromatic carbocycles. The van der Waals surface area contributed by atoms with Crippen LogP contribution in [-0.2, 0) is 0 Å². The average molecular weight is 883 g/mol. The molecule has 0 bridgehead atoms. The molecule has 0 aromatic rings. The van der Waals surface area contributed by atoms with Crippen LogP contribution in [0.2, 0.25) is 0 Å². The lowest BCUT2D eigenvalue weighted by Gasteiger charge is -2.12. The van der Waals surface area contributed by atoms with Crippen LogP contribution in [0.4, 0.5) is 0 Å². The van der Waals surface area contributed by atoms with Crippen molar-refractivity contribution in [2.75, 3.05) is 19.6 Å². The van der Waals surface area contributed by atoms with Crippen molar-refractivity contribution in [3.8, 4) is 0 Å². The number of halogens is 3. The van der Waals surface area contributed by atoms with E-state index in [1.165, 1.54) is 135 Å². The molecular formula is C43H84Br3N3. The van der Waals surface area contributed by atoms with Crippen molar-refractivity contribution >= 4 is 0 Å². The fourth-order valence-electron chi connectivity index (χ4n) is 6.19. The Labute approximate surface area is 339 Å². The fourth-order valence-corrected chi connectivity index (χ4v) is 6.19. The van der Waals surface area contributed by atoms with Gasteiger partial charge >= 0.3 is 0 Å². The monoisotopic (exact) mass is 879 g/mol. The summed E-state index contributed by atoms with van der Waals surface area (Å²) < 4.78 is 0. The number of nitrogens with two attached hydrogens (primary N) is 3. The minimum atomic E-state index is 0. The topological polar surface area (TPSA) is 49.8 Å². The Kier molecular flexibility index (Phi) is 61.8. The minimum Gasteiger partial charge on any atom is -1.00 e. The third kappa shape index (κ3) is 47.8. The van der Waals surface area contributed by atoms with E-state index in [0.717, 1.165) is 38.5 Å². The van der Waals surface area contributed by atoms with Crippen molar-refractivity contribution < 1.29 is 66.9 Å². The molecule has 0 aliphatic rings. The first-order valence-electron chi connectivity index (χ1n) is 19.8. The molecule has 0 unspecified atom stereocenters. The lowest BCUT2D eigenvalue weighted by Crippen LogP contribution is -3.00. The zero-order valence-electron chi connectivity index (χ0n) is 32.4. The van der Waals surface area contributed by atoms with Crippen LogP contribution in [0.15, 0.2) is 75.9 Å². The van der Waals surface area contributed by atoms with Gasteiger partial charge in [-0.05, 0) is 38.5 Å².